The molecule has 1 fully saturated rings. The number of para-hydroxylation sites is 1. The molecule has 1 aromatic heterocycles. The minimum atomic E-state index is 0.487. The maximum atomic E-state index is 3.49. The molecule has 3 heteroatoms. The second-order valence-corrected chi connectivity index (χ2v) is 5.89. The number of nitrogens with zero attached hydrogens (tertiary/aromatic N) is 2. The van der Waals surface area contributed by atoms with Gasteiger partial charge in [-0.15, -0.1) is 0 Å². The van der Waals surface area contributed by atoms with Crippen molar-refractivity contribution in [1.82, 2.24) is 14.8 Å². The van der Waals surface area contributed by atoms with Crippen LogP contribution in [0.3, 0.4) is 0 Å². The molecular formula is C17H25N3. The summed E-state index contributed by atoms with van der Waals surface area (Å²) in [7, 11) is 2.18. The Hall–Kier alpha value is -1.32. The van der Waals surface area contributed by atoms with Crippen molar-refractivity contribution in [1.29, 1.82) is 0 Å². The Bertz CT molecular complexity index is 592. The Balaban J connectivity index is 2.02. The third-order valence-corrected chi connectivity index (χ3v) is 4.79. The van der Waals surface area contributed by atoms with Crippen molar-refractivity contribution in [3.8, 4) is 0 Å². The number of hydrogen-bond donors (Lipinski definition) is 1. The van der Waals surface area contributed by atoms with Crippen molar-refractivity contribution in [2.75, 3.05) is 26.2 Å². The quantitative estimate of drug-likeness (QED) is 0.906. The first kappa shape index (κ1) is 13.7. The molecule has 108 valence electrons. The molecular weight excluding hydrogens is 246 g/mol. The SMILES string of the molecule is Cc1c(C(C)N2CCCNCC2)c2ccccc2n1C. The molecule has 0 saturated carbocycles. The van der Waals surface area contributed by atoms with E-state index in [9.17, 15) is 0 Å². The molecule has 1 aliphatic heterocycles. The summed E-state index contributed by atoms with van der Waals surface area (Å²) < 4.78 is 2.33. The van der Waals surface area contributed by atoms with E-state index in [-0.39, 0.29) is 0 Å². The van der Waals surface area contributed by atoms with E-state index in [1.165, 1.54) is 35.1 Å². The molecule has 0 radical (unpaired) electrons. The summed E-state index contributed by atoms with van der Waals surface area (Å²) >= 11 is 0. The number of aromatic nitrogens is 1. The third kappa shape index (κ3) is 2.25. The van der Waals surface area contributed by atoms with E-state index in [2.05, 4.69) is 59.9 Å². The molecule has 0 aliphatic carbocycles. The van der Waals surface area contributed by atoms with Gasteiger partial charge in [-0.3, -0.25) is 4.90 Å². The molecule has 1 aromatic carbocycles. The Labute approximate surface area is 121 Å². The second-order valence-electron chi connectivity index (χ2n) is 5.89. The van der Waals surface area contributed by atoms with Crippen LogP contribution in [-0.2, 0) is 7.05 Å². The fourth-order valence-electron chi connectivity index (χ4n) is 3.51. The van der Waals surface area contributed by atoms with Gasteiger partial charge in [0.05, 0.1) is 0 Å². The summed E-state index contributed by atoms with van der Waals surface area (Å²) in [5.74, 6) is 0. The minimum Gasteiger partial charge on any atom is -0.348 e. The number of nitrogens with one attached hydrogen (secondary N) is 1. The van der Waals surface area contributed by atoms with Crippen molar-refractivity contribution in [2.24, 2.45) is 7.05 Å². The highest BCUT2D eigenvalue weighted by Crippen LogP contribution is 2.33. The van der Waals surface area contributed by atoms with E-state index in [1.54, 1.807) is 0 Å². The van der Waals surface area contributed by atoms with Gasteiger partial charge in [-0.2, -0.15) is 0 Å². The van der Waals surface area contributed by atoms with E-state index >= 15 is 0 Å². The van der Waals surface area contributed by atoms with Crippen LogP contribution in [0.2, 0.25) is 0 Å². The van der Waals surface area contributed by atoms with E-state index in [0.717, 1.165) is 19.6 Å². The van der Waals surface area contributed by atoms with Crippen LogP contribution < -0.4 is 5.32 Å². The predicted molar refractivity (Wildman–Crippen MR) is 85.1 cm³/mol. The maximum absolute atomic E-state index is 3.49. The summed E-state index contributed by atoms with van der Waals surface area (Å²) in [5, 5.41) is 4.91. The fourth-order valence-corrected chi connectivity index (χ4v) is 3.51. The van der Waals surface area contributed by atoms with Gasteiger partial charge in [0.2, 0.25) is 0 Å². The number of fused-ring (bicyclic) bond motifs is 1. The molecule has 2 aromatic rings. The van der Waals surface area contributed by atoms with Crippen molar-refractivity contribution in [3.05, 3.63) is 35.5 Å². The molecule has 0 spiro atoms. The van der Waals surface area contributed by atoms with Crippen LogP contribution in [0.1, 0.15) is 30.6 Å². The predicted octanol–water partition coefficient (Wildman–Crippen LogP) is 2.84. The molecule has 3 nitrogen and oxygen atoms in total. The highest BCUT2D eigenvalue weighted by molar-refractivity contribution is 5.85. The number of rotatable bonds is 2. The van der Waals surface area contributed by atoms with Crippen LogP contribution >= 0.6 is 0 Å². The molecule has 1 unspecified atom stereocenters. The zero-order valence-electron chi connectivity index (χ0n) is 12.8. The molecule has 3 rings (SSSR count). The molecule has 1 aliphatic rings. The summed E-state index contributed by atoms with van der Waals surface area (Å²) in [6, 6.07) is 9.27. The summed E-state index contributed by atoms with van der Waals surface area (Å²) in [5.41, 5.74) is 4.25. The zero-order valence-corrected chi connectivity index (χ0v) is 12.8. The first-order valence-corrected chi connectivity index (χ1v) is 7.69. The summed E-state index contributed by atoms with van der Waals surface area (Å²) in [6.45, 7) is 9.20. The summed E-state index contributed by atoms with van der Waals surface area (Å²) in [6.07, 6.45) is 1.24. The molecule has 0 bridgehead atoms. The third-order valence-electron chi connectivity index (χ3n) is 4.79. The number of hydrogen-bond acceptors (Lipinski definition) is 2. The maximum Gasteiger partial charge on any atom is 0.0483 e. The van der Waals surface area contributed by atoms with Gasteiger partial charge in [0.1, 0.15) is 0 Å². The largest absolute Gasteiger partial charge is 0.348 e. The van der Waals surface area contributed by atoms with Crippen LogP contribution in [0.5, 0.6) is 0 Å². The monoisotopic (exact) mass is 271 g/mol. The Morgan fingerprint density at radius 3 is 2.80 bits per heavy atom. The summed E-state index contributed by atoms with van der Waals surface area (Å²) in [4.78, 5) is 2.62. The topological polar surface area (TPSA) is 20.2 Å². The van der Waals surface area contributed by atoms with Crippen molar-refractivity contribution >= 4 is 10.9 Å². The van der Waals surface area contributed by atoms with Crippen LogP contribution in [0, 0.1) is 6.92 Å². The van der Waals surface area contributed by atoms with Gasteiger partial charge >= 0.3 is 0 Å². The van der Waals surface area contributed by atoms with Crippen LogP contribution in [0.25, 0.3) is 10.9 Å². The first-order chi connectivity index (χ1) is 9.70. The Morgan fingerprint density at radius 1 is 1.15 bits per heavy atom. The van der Waals surface area contributed by atoms with E-state index in [4.69, 9.17) is 0 Å². The smallest absolute Gasteiger partial charge is 0.0483 e. The average molecular weight is 271 g/mol. The average Bonchev–Trinajstić information content (AvgIpc) is 2.68. The fraction of sp³-hybridized carbons (Fsp3) is 0.529. The number of aryl methyl sites for hydroxylation is 1. The van der Waals surface area contributed by atoms with Gasteiger partial charge in [0.25, 0.3) is 0 Å². The standard InChI is InChI=1S/C17H25N3/c1-13-17(14(2)20-11-6-9-18-10-12-20)15-7-4-5-8-16(15)19(13)3/h4-5,7-8,14,18H,6,9-12H2,1-3H3. The molecule has 1 N–H and O–H groups in total. The lowest BCUT2D eigenvalue weighted by molar-refractivity contribution is 0.226. The van der Waals surface area contributed by atoms with Gasteiger partial charge in [0, 0.05) is 42.8 Å². The van der Waals surface area contributed by atoms with Crippen molar-refractivity contribution in [3.63, 3.8) is 0 Å². The molecule has 20 heavy (non-hydrogen) atoms. The first-order valence-electron chi connectivity index (χ1n) is 7.69. The molecule has 1 atom stereocenters. The van der Waals surface area contributed by atoms with Crippen molar-refractivity contribution in [2.45, 2.75) is 26.3 Å². The Kier molecular flexibility index (Phi) is 3.81. The molecule has 1 saturated heterocycles. The highest BCUT2D eigenvalue weighted by atomic mass is 15.2. The lowest BCUT2D eigenvalue weighted by Gasteiger charge is -2.28. The van der Waals surface area contributed by atoms with Gasteiger partial charge in [-0.05, 0) is 45.0 Å². The normalized spacial score (nSPS) is 19.1. The van der Waals surface area contributed by atoms with Crippen LogP contribution in [0.4, 0.5) is 0 Å². The van der Waals surface area contributed by atoms with Gasteiger partial charge in [0.15, 0.2) is 0 Å². The van der Waals surface area contributed by atoms with E-state index in [1.807, 2.05) is 0 Å². The van der Waals surface area contributed by atoms with E-state index < -0.39 is 0 Å². The van der Waals surface area contributed by atoms with Crippen LogP contribution in [-0.4, -0.2) is 35.6 Å². The van der Waals surface area contributed by atoms with Crippen molar-refractivity contribution < 1.29 is 0 Å². The highest BCUT2D eigenvalue weighted by Gasteiger charge is 2.22. The zero-order chi connectivity index (χ0) is 14.1. The van der Waals surface area contributed by atoms with E-state index in [0.29, 0.717) is 6.04 Å². The molecule has 0 amide bonds. The lowest BCUT2D eigenvalue weighted by atomic mass is 10.0. The number of benzene rings is 1. The minimum absolute atomic E-state index is 0.487. The second kappa shape index (κ2) is 5.58. The van der Waals surface area contributed by atoms with Gasteiger partial charge in [-0.25, -0.2) is 0 Å². The van der Waals surface area contributed by atoms with Gasteiger partial charge < -0.3 is 9.88 Å². The Morgan fingerprint density at radius 2 is 1.95 bits per heavy atom. The van der Waals surface area contributed by atoms with Gasteiger partial charge in [-0.1, -0.05) is 18.2 Å². The molecule has 2 heterocycles. The lowest BCUT2D eigenvalue weighted by Crippen LogP contribution is -2.31. The van der Waals surface area contributed by atoms with Crippen LogP contribution in [0.15, 0.2) is 24.3 Å².